The van der Waals surface area contributed by atoms with E-state index in [-0.39, 0.29) is 5.56 Å². The number of nitrogens with one attached hydrogen (secondary N) is 1. The van der Waals surface area contributed by atoms with Crippen LogP contribution in [0, 0.1) is 0 Å². The van der Waals surface area contributed by atoms with E-state index in [2.05, 4.69) is 16.5 Å². The van der Waals surface area contributed by atoms with E-state index in [0.29, 0.717) is 35.7 Å². The lowest BCUT2D eigenvalue weighted by Crippen LogP contribution is -2.32. The van der Waals surface area contributed by atoms with Crippen molar-refractivity contribution in [2.75, 3.05) is 20.2 Å². The van der Waals surface area contributed by atoms with Crippen LogP contribution in [0.2, 0.25) is 0 Å². The van der Waals surface area contributed by atoms with Gasteiger partial charge in [0.05, 0.1) is 25.1 Å². The van der Waals surface area contributed by atoms with Crippen LogP contribution in [0.5, 0.6) is 5.75 Å². The second-order valence-corrected chi connectivity index (χ2v) is 7.23. The average molecular weight is 385 g/mol. The highest BCUT2D eigenvalue weighted by Gasteiger charge is 2.17. The van der Waals surface area contributed by atoms with E-state index >= 15 is 0 Å². The van der Waals surface area contributed by atoms with Gasteiger partial charge in [0, 0.05) is 29.6 Å². The normalized spacial score (nSPS) is 12.4. The van der Waals surface area contributed by atoms with Gasteiger partial charge in [-0.15, -0.1) is 17.9 Å². The zero-order valence-electron chi connectivity index (χ0n) is 15.4. The largest absolute Gasteiger partial charge is 0.496 e. The Morgan fingerprint density at radius 3 is 2.89 bits per heavy atom. The number of thiophene rings is 1. The minimum atomic E-state index is -0.473. The molecular weight excluding hydrogens is 362 g/mol. The van der Waals surface area contributed by atoms with Crippen LogP contribution < -0.4 is 10.3 Å². The molecule has 0 radical (unpaired) electrons. The third-order valence-corrected chi connectivity index (χ3v) is 5.05. The lowest BCUT2D eigenvalue weighted by atomic mass is 10.1. The summed E-state index contributed by atoms with van der Waals surface area (Å²) in [5.41, 5.74) is 1.51. The number of aliphatic hydroxyl groups is 1. The van der Waals surface area contributed by atoms with Crippen LogP contribution in [-0.4, -0.2) is 46.3 Å². The predicted molar refractivity (Wildman–Crippen MR) is 109 cm³/mol. The molecule has 142 valence electrons. The summed E-state index contributed by atoms with van der Waals surface area (Å²) < 4.78 is 5.43. The summed E-state index contributed by atoms with van der Waals surface area (Å²) in [6.45, 7) is 6.99. The highest BCUT2D eigenvalue weighted by atomic mass is 32.1. The topological polar surface area (TPSA) is 78.5 Å². The molecule has 3 aromatic rings. The van der Waals surface area contributed by atoms with Crippen LogP contribution in [0.25, 0.3) is 21.3 Å². The maximum atomic E-state index is 12.8. The third kappa shape index (κ3) is 4.27. The Kier molecular flexibility index (Phi) is 6.05. The van der Waals surface area contributed by atoms with Gasteiger partial charge in [0.1, 0.15) is 16.4 Å². The molecule has 0 bridgehead atoms. The lowest BCUT2D eigenvalue weighted by molar-refractivity contribution is 0.128. The Bertz CT molecular complexity index is 994. The van der Waals surface area contributed by atoms with Crippen molar-refractivity contribution in [1.82, 2.24) is 14.9 Å². The van der Waals surface area contributed by atoms with Crippen LogP contribution in [0.4, 0.5) is 0 Å². The Morgan fingerprint density at radius 2 is 2.19 bits per heavy atom. The maximum absolute atomic E-state index is 12.8. The van der Waals surface area contributed by atoms with Crippen molar-refractivity contribution < 1.29 is 9.84 Å². The number of hydrogen-bond donors (Lipinski definition) is 2. The molecule has 6 nitrogen and oxygen atoms in total. The molecule has 0 saturated carbocycles. The van der Waals surface area contributed by atoms with Crippen molar-refractivity contribution in [3.05, 3.63) is 58.5 Å². The molecule has 1 aromatic carbocycles. The van der Waals surface area contributed by atoms with Crippen molar-refractivity contribution in [1.29, 1.82) is 0 Å². The monoisotopic (exact) mass is 385 g/mol. The number of para-hydroxylation sites is 1. The van der Waals surface area contributed by atoms with Gasteiger partial charge >= 0.3 is 0 Å². The number of benzene rings is 1. The van der Waals surface area contributed by atoms with Crippen molar-refractivity contribution in [3.8, 4) is 16.9 Å². The lowest BCUT2D eigenvalue weighted by Gasteiger charge is -2.21. The second kappa shape index (κ2) is 8.47. The van der Waals surface area contributed by atoms with Crippen LogP contribution in [0.1, 0.15) is 12.7 Å². The van der Waals surface area contributed by atoms with E-state index in [1.807, 2.05) is 34.5 Å². The van der Waals surface area contributed by atoms with Gasteiger partial charge in [-0.3, -0.25) is 9.69 Å². The second-order valence-electron chi connectivity index (χ2n) is 6.37. The Morgan fingerprint density at radius 1 is 1.41 bits per heavy atom. The third-order valence-electron chi connectivity index (χ3n) is 4.17. The maximum Gasteiger partial charge on any atom is 0.260 e. The summed E-state index contributed by atoms with van der Waals surface area (Å²) in [5, 5.41) is 12.2. The van der Waals surface area contributed by atoms with E-state index in [1.165, 1.54) is 11.3 Å². The summed E-state index contributed by atoms with van der Waals surface area (Å²) in [5.74, 6) is 1.29. The van der Waals surface area contributed by atoms with Crippen LogP contribution in [-0.2, 0) is 6.54 Å². The number of fused-ring (bicyclic) bond motifs is 1. The minimum absolute atomic E-state index is 0.173. The first kappa shape index (κ1) is 19.3. The number of aromatic nitrogens is 2. The molecule has 2 aromatic heterocycles. The number of aromatic amines is 1. The van der Waals surface area contributed by atoms with Gasteiger partial charge in [-0.2, -0.15) is 0 Å². The molecule has 0 aliphatic heterocycles. The highest BCUT2D eigenvalue weighted by molar-refractivity contribution is 7.17. The van der Waals surface area contributed by atoms with Gasteiger partial charge in [0.2, 0.25) is 0 Å². The molecule has 3 rings (SSSR count). The average Bonchev–Trinajstić information content (AvgIpc) is 3.05. The molecular formula is C20H23N3O3S. The van der Waals surface area contributed by atoms with E-state index in [0.717, 1.165) is 16.9 Å². The number of hydrogen-bond acceptors (Lipinski definition) is 6. The molecule has 0 aliphatic rings. The zero-order valence-corrected chi connectivity index (χ0v) is 16.3. The van der Waals surface area contributed by atoms with Crippen LogP contribution in [0.3, 0.4) is 0 Å². The number of methoxy groups -OCH3 is 1. The van der Waals surface area contributed by atoms with E-state index in [1.54, 1.807) is 20.1 Å². The van der Waals surface area contributed by atoms with Crippen molar-refractivity contribution in [2.24, 2.45) is 0 Å². The molecule has 0 saturated heterocycles. The molecule has 0 aliphatic carbocycles. The SMILES string of the molecule is C=CCN(Cc1nc2scc(-c3ccccc3OC)c2c(=O)[nH]1)C[C@@H](C)O. The molecule has 27 heavy (non-hydrogen) atoms. The quantitative estimate of drug-likeness (QED) is 0.583. The van der Waals surface area contributed by atoms with E-state index < -0.39 is 6.10 Å². The molecule has 0 unspecified atom stereocenters. The number of ether oxygens (including phenoxy) is 1. The predicted octanol–water partition coefficient (Wildman–Crippen LogP) is 3.03. The number of nitrogens with zero attached hydrogens (tertiary/aromatic N) is 2. The smallest absolute Gasteiger partial charge is 0.260 e. The summed E-state index contributed by atoms with van der Waals surface area (Å²) >= 11 is 1.44. The first-order valence-electron chi connectivity index (χ1n) is 8.68. The van der Waals surface area contributed by atoms with Gasteiger partial charge in [0.15, 0.2) is 0 Å². The fourth-order valence-electron chi connectivity index (χ4n) is 3.11. The Balaban J connectivity index is 2.00. The highest BCUT2D eigenvalue weighted by Crippen LogP contribution is 2.36. The van der Waals surface area contributed by atoms with Gasteiger partial charge in [0.25, 0.3) is 5.56 Å². The Hall–Kier alpha value is -2.48. The standard InChI is InChI=1S/C20H23N3O3S/c1-4-9-23(10-13(2)24)11-17-21-19(25)18-15(12-27-20(18)22-17)14-7-5-6-8-16(14)26-3/h4-8,12-13,24H,1,9-11H2,2-3H3,(H,21,22,25)/t13-/m1/s1. The molecule has 2 N–H and O–H groups in total. The molecule has 7 heteroatoms. The van der Waals surface area contributed by atoms with E-state index in [4.69, 9.17) is 4.74 Å². The van der Waals surface area contributed by atoms with Gasteiger partial charge in [-0.05, 0) is 13.0 Å². The van der Waals surface area contributed by atoms with Crippen molar-refractivity contribution >= 4 is 21.6 Å². The fourth-order valence-corrected chi connectivity index (χ4v) is 4.06. The van der Waals surface area contributed by atoms with Crippen LogP contribution >= 0.6 is 11.3 Å². The summed E-state index contributed by atoms with van der Waals surface area (Å²) in [4.78, 5) is 23.0. The van der Waals surface area contributed by atoms with Crippen LogP contribution in [0.15, 0.2) is 47.1 Å². The minimum Gasteiger partial charge on any atom is -0.496 e. The molecule has 0 amide bonds. The molecule has 0 fully saturated rings. The summed E-state index contributed by atoms with van der Waals surface area (Å²) in [7, 11) is 1.62. The van der Waals surface area contributed by atoms with E-state index in [9.17, 15) is 9.90 Å². The summed E-state index contributed by atoms with van der Waals surface area (Å²) in [6, 6.07) is 7.62. The molecule has 0 spiro atoms. The molecule has 2 heterocycles. The number of rotatable bonds is 8. The zero-order chi connectivity index (χ0) is 19.4. The van der Waals surface area contributed by atoms with Gasteiger partial charge in [-0.25, -0.2) is 4.98 Å². The molecule has 1 atom stereocenters. The van der Waals surface area contributed by atoms with Crippen molar-refractivity contribution in [3.63, 3.8) is 0 Å². The van der Waals surface area contributed by atoms with Gasteiger partial charge < -0.3 is 14.8 Å². The number of H-pyrrole nitrogens is 1. The van der Waals surface area contributed by atoms with Gasteiger partial charge in [-0.1, -0.05) is 24.3 Å². The first-order valence-corrected chi connectivity index (χ1v) is 9.56. The summed E-state index contributed by atoms with van der Waals surface area (Å²) in [6.07, 6.45) is 1.29. The van der Waals surface area contributed by atoms with Crippen molar-refractivity contribution in [2.45, 2.75) is 19.6 Å². The fraction of sp³-hybridized carbons (Fsp3) is 0.300. The number of aliphatic hydroxyl groups excluding tert-OH is 1. The Labute approximate surface area is 161 Å². The first-order chi connectivity index (χ1) is 13.0.